The van der Waals surface area contributed by atoms with Crippen molar-refractivity contribution < 1.29 is 67.4 Å². The average molecular weight is 821 g/mol. The Morgan fingerprint density at radius 3 is 2.02 bits per heavy atom. The summed E-state index contributed by atoms with van der Waals surface area (Å²) in [5.74, 6) is -17.6. The average Bonchev–Trinajstić information content (AvgIpc) is 4.05. The topological polar surface area (TPSA) is 104 Å². The normalized spacial score (nSPS) is 14.7. The number of carboxylic acid groups (broad SMARTS) is 1. The second-order valence-corrected chi connectivity index (χ2v) is 15.2. The Hall–Kier alpha value is -4.81. The maximum absolute atomic E-state index is 15.0. The molecule has 2 fully saturated rings. The molecule has 292 valence electrons. The van der Waals surface area contributed by atoms with E-state index in [1.807, 2.05) is 0 Å². The molecule has 2 aliphatic rings. The Morgan fingerprint density at radius 1 is 0.818 bits per heavy atom. The molecule has 0 unspecified atom stereocenters. The van der Waals surface area contributed by atoms with Crippen LogP contribution in [0.25, 0.3) is 0 Å². The van der Waals surface area contributed by atoms with Crippen molar-refractivity contribution >= 4 is 39.2 Å². The molecular formula is C36H26ClF9N2O6S. The zero-order valence-electron chi connectivity index (χ0n) is 27.9. The van der Waals surface area contributed by atoms with Gasteiger partial charge in [0, 0.05) is 11.6 Å². The van der Waals surface area contributed by atoms with Crippen molar-refractivity contribution in [3.05, 3.63) is 122 Å². The van der Waals surface area contributed by atoms with Crippen LogP contribution >= 0.6 is 11.6 Å². The number of nitrogens with zero attached hydrogens (tertiary/aromatic N) is 2. The fourth-order valence-corrected chi connectivity index (χ4v) is 7.40. The summed E-state index contributed by atoms with van der Waals surface area (Å²) in [6, 6.07) is 8.65. The highest BCUT2D eigenvalue weighted by molar-refractivity contribution is 7.89. The van der Waals surface area contributed by atoms with Gasteiger partial charge in [-0.1, -0.05) is 23.7 Å². The molecule has 8 nitrogen and oxygen atoms in total. The van der Waals surface area contributed by atoms with E-state index in [4.69, 9.17) is 16.3 Å². The molecule has 2 saturated carbocycles. The molecule has 0 saturated heterocycles. The predicted molar refractivity (Wildman–Crippen MR) is 177 cm³/mol. The maximum Gasteiger partial charge on any atom is 0.416 e. The van der Waals surface area contributed by atoms with Gasteiger partial charge >= 0.3 is 12.1 Å². The lowest BCUT2D eigenvalue weighted by Gasteiger charge is -2.29. The number of benzene rings is 4. The van der Waals surface area contributed by atoms with E-state index in [1.54, 1.807) is 0 Å². The molecule has 4 aromatic carbocycles. The highest BCUT2D eigenvalue weighted by Crippen LogP contribution is 2.43. The lowest BCUT2D eigenvalue weighted by atomic mass is 10.0. The third kappa shape index (κ3) is 8.55. The molecule has 0 heterocycles. The van der Waals surface area contributed by atoms with Gasteiger partial charge in [-0.15, -0.1) is 0 Å². The molecule has 4 aromatic rings. The molecule has 55 heavy (non-hydrogen) atoms. The Kier molecular flexibility index (Phi) is 10.9. The smallest absolute Gasteiger partial charge is 0.416 e. The van der Waals surface area contributed by atoms with Gasteiger partial charge < -0.3 is 14.7 Å². The molecule has 0 aromatic heterocycles. The van der Waals surface area contributed by atoms with Gasteiger partial charge in [-0.3, -0.25) is 4.79 Å². The number of carbonyl (C=O) groups excluding carboxylic acids is 1. The first-order valence-corrected chi connectivity index (χ1v) is 18.1. The fourth-order valence-electron chi connectivity index (χ4n) is 5.69. The Bertz CT molecular complexity index is 2290. The minimum Gasteiger partial charge on any atom is -0.488 e. The number of aromatic carboxylic acids is 1. The first-order valence-electron chi connectivity index (χ1n) is 16.3. The number of carboxylic acids is 1. The van der Waals surface area contributed by atoms with Crippen LogP contribution in [0, 0.1) is 34.9 Å². The first-order chi connectivity index (χ1) is 25.8. The van der Waals surface area contributed by atoms with Gasteiger partial charge in [0.2, 0.25) is 21.7 Å². The van der Waals surface area contributed by atoms with Crippen LogP contribution in [0.4, 0.5) is 45.2 Å². The van der Waals surface area contributed by atoms with Crippen LogP contribution in [-0.4, -0.2) is 42.4 Å². The standard InChI is InChI=1S/C36H26ClF9N2O6S/c37-25-13-23(38)5-3-20(25)15-47(55(52,53)34-32(42)30(40)29(39)31(41)33(34)43)16-28(49)48(26-8-4-19(35(50)51)12-27(26)54-24-6-7-24)14-17-9-21(18-1-2-18)11-22(10-17)36(44,45)46/h3-5,8-13,18,24H,1-2,6-7,14-16H2,(H,50,51). The lowest BCUT2D eigenvalue weighted by molar-refractivity contribution is -0.137. The zero-order chi connectivity index (χ0) is 40.1. The van der Waals surface area contributed by atoms with E-state index in [-0.39, 0.29) is 43.9 Å². The molecule has 0 spiro atoms. The van der Waals surface area contributed by atoms with Crippen LogP contribution in [0.3, 0.4) is 0 Å². The number of anilines is 1. The summed E-state index contributed by atoms with van der Waals surface area (Å²) in [7, 11) is -5.93. The summed E-state index contributed by atoms with van der Waals surface area (Å²) in [6.07, 6.45) is -3.12. The van der Waals surface area contributed by atoms with Gasteiger partial charge in [-0.05, 0) is 90.8 Å². The molecule has 6 rings (SSSR count). The molecule has 1 amide bonds. The van der Waals surface area contributed by atoms with E-state index in [2.05, 4.69) is 0 Å². The van der Waals surface area contributed by atoms with E-state index in [1.165, 1.54) is 6.07 Å². The molecule has 1 N–H and O–H groups in total. The molecular weight excluding hydrogens is 795 g/mol. The quantitative estimate of drug-likeness (QED) is 0.0823. The predicted octanol–water partition coefficient (Wildman–Crippen LogP) is 8.73. The van der Waals surface area contributed by atoms with E-state index < -0.39 is 104 Å². The zero-order valence-corrected chi connectivity index (χ0v) is 29.4. The van der Waals surface area contributed by atoms with Gasteiger partial charge in [0.1, 0.15) is 11.6 Å². The van der Waals surface area contributed by atoms with Crippen molar-refractivity contribution in [3.8, 4) is 5.75 Å². The van der Waals surface area contributed by atoms with Crippen LogP contribution in [-0.2, 0) is 34.1 Å². The van der Waals surface area contributed by atoms with Crippen LogP contribution in [0.2, 0.25) is 5.02 Å². The SMILES string of the molecule is O=C(O)c1ccc(N(Cc2cc(C3CC3)cc(C(F)(F)F)c2)C(=O)CN(Cc2ccc(F)cc2Cl)S(=O)(=O)c2c(F)c(F)c(F)c(F)c2F)c(OC2CC2)c1. The molecule has 19 heteroatoms. The van der Waals surface area contributed by atoms with Gasteiger partial charge in [-0.2, -0.15) is 17.5 Å². The molecule has 0 atom stereocenters. The summed E-state index contributed by atoms with van der Waals surface area (Å²) in [6.45, 7) is -3.36. The van der Waals surface area contributed by atoms with Crippen LogP contribution in [0.15, 0.2) is 59.5 Å². The Morgan fingerprint density at radius 2 is 1.45 bits per heavy atom. The number of alkyl halides is 3. The summed E-state index contributed by atoms with van der Waals surface area (Å²) >= 11 is 6.09. The number of halogens is 10. The van der Waals surface area contributed by atoms with Crippen molar-refractivity contribution in [1.29, 1.82) is 0 Å². The minimum absolute atomic E-state index is 0.00543. The van der Waals surface area contributed by atoms with Crippen LogP contribution < -0.4 is 9.64 Å². The van der Waals surface area contributed by atoms with Crippen molar-refractivity contribution in [2.45, 2.75) is 61.9 Å². The summed E-state index contributed by atoms with van der Waals surface area (Å²) in [5.41, 5.74) is -1.80. The number of amides is 1. The largest absolute Gasteiger partial charge is 0.488 e. The number of hydrogen-bond donors (Lipinski definition) is 1. The number of hydrogen-bond acceptors (Lipinski definition) is 5. The van der Waals surface area contributed by atoms with E-state index >= 15 is 8.78 Å². The first kappa shape index (κ1) is 39.9. The Balaban J connectivity index is 1.50. The second-order valence-electron chi connectivity index (χ2n) is 12.9. The molecule has 0 aliphatic heterocycles. The third-order valence-corrected chi connectivity index (χ3v) is 11.0. The van der Waals surface area contributed by atoms with Crippen molar-refractivity contribution in [1.82, 2.24) is 4.31 Å². The van der Waals surface area contributed by atoms with Crippen molar-refractivity contribution in [3.63, 3.8) is 0 Å². The number of ether oxygens (including phenoxy) is 1. The van der Waals surface area contributed by atoms with Gasteiger partial charge in [0.15, 0.2) is 28.2 Å². The van der Waals surface area contributed by atoms with Gasteiger partial charge in [0.25, 0.3) is 0 Å². The van der Waals surface area contributed by atoms with E-state index in [0.29, 0.717) is 31.7 Å². The molecule has 0 radical (unpaired) electrons. The summed E-state index contributed by atoms with van der Waals surface area (Å²) < 4.78 is 163. The molecule has 0 bridgehead atoms. The lowest BCUT2D eigenvalue weighted by Crippen LogP contribution is -2.43. The van der Waals surface area contributed by atoms with Crippen molar-refractivity contribution in [2.24, 2.45) is 0 Å². The van der Waals surface area contributed by atoms with Crippen molar-refractivity contribution in [2.75, 3.05) is 11.4 Å². The van der Waals surface area contributed by atoms with Gasteiger partial charge in [-0.25, -0.2) is 39.6 Å². The number of carbonyl (C=O) groups is 2. The Labute approximate surface area is 311 Å². The highest BCUT2D eigenvalue weighted by atomic mass is 35.5. The second kappa shape index (κ2) is 15.0. The monoisotopic (exact) mass is 820 g/mol. The van der Waals surface area contributed by atoms with Crippen LogP contribution in [0.1, 0.15) is 64.2 Å². The summed E-state index contributed by atoms with van der Waals surface area (Å²) in [5, 5.41) is 9.17. The fraction of sp³-hybridized carbons (Fsp3) is 0.278. The van der Waals surface area contributed by atoms with Gasteiger partial charge in [0.05, 0.1) is 36.0 Å². The van der Waals surface area contributed by atoms with Crippen LogP contribution in [0.5, 0.6) is 5.75 Å². The maximum atomic E-state index is 15.0. The van der Waals surface area contributed by atoms with E-state index in [0.717, 1.165) is 47.4 Å². The highest BCUT2D eigenvalue weighted by Gasteiger charge is 2.40. The molecule has 2 aliphatic carbocycles. The number of sulfonamides is 1. The number of rotatable bonds is 13. The van der Waals surface area contributed by atoms with E-state index in [9.17, 15) is 53.8 Å². The third-order valence-electron chi connectivity index (χ3n) is 8.79. The minimum atomic E-state index is -5.93. The summed E-state index contributed by atoms with van der Waals surface area (Å²) in [4.78, 5) is 24.7.